The number of ether oxygens (including phenoxy) is 1. The quantitative estimate of drug-likeness (QED) is 0.905. The van der Waals surface area contributed by atoms with Gasteiger partial charge in [0.25, 0.3) is 5.91 Å². The van der Waals surface area contributed by atoms with Crippen LogP contribution in [0.15, 0.2) is 42.6 Å². The fraction of sp³-hybridized carbons (Fsp3) is 0.400. The number of pyridine rings is 1. The van der Waals surface area contributed by atoms with Crippen molar-refractivity contribution in [3.05, 3.63) is 53.7 Å². The van der Waals surface area contributed by atoms with E-state index in [9.17, 15) is 4.79 Å². The van der Waals surface area contributed by atoms with Gasteiger partial charge in [-0.1, -0.05) is 19.1 Å². The van der Waals surface area contributed by atoms with E-state index in [1.165, 1.54) is 38.6 Å². The molecule has 1 aromatic heterocycles. The fourth-order valence-corrected chi connectivity index (χ4v) is 3.31. The van der Waals surface area contributed by atoms with Gasteiger partial charge in [0.1, 0.15) is 5.56 Å². The number of hydrogen-bond donors (Lipinski definition) is 1. The Labute approximate surface area is 149 Å². The average molecular weight is 339 g/mol. The molecule has 1 aliphatic heterocycles. The van der Waals surface area contributed by atoms with Crippen molar-refractivity contribution in [3.8, 4) is 5.88 Å². The first-order valence-corrected chi connectivity index (χ1v) is 8.77. The highest BCUT2D eigenvalue weighted by atomic mass is 16.5. The molecule has 5 heteroatoms. The normalized spacial score (nSPS) is 17.9. The van der Waals surface area contributed by atoms with Crippen LogP contribution >= 0.6 is 0 Å². The van der Waals surface area contributed by atoms with Gasteiger partial charge in [-0.3, -0.25) is 9.69 Å². The summed E-state index contributed by atoms with van der Waals surface area (Å²) in [5, 5.41) is 2.90. The van der Waals surface area contributed by atoms with Gasteiger partial charge in [-0.15, -0.1) is 0 Å². The monoisotopic (exact) mass is 339 g/mol. The molecule has 0 radical (unpaired) electrons. The minimum atomic E-state index is -0.220. The Morgan fingerprint density at radius 1 is 1.32 bits per heavy atom. The summed E-state index contributed by atoms with van der Waals surface area (Å²) in [5.74, 6) is 0.889. The molecule has 0 saturated carbocycles. The number of amides is 1. The number of methoxy groups -OCH3 is 1. The summed E-state index contributed by atoms with van der Waals surface area (Å²) in [6.45, 7) is 5.62. The van der Waals surface area contributed by atoms with Crippen LogP contribution in [0, 0.1) is 5.92 Å². The number of aromatic nitrogens is 1. The number of rotatable bonds is 5. The van der Waals surface area contributed by atoms with Crippen molar-refractivity contribution in [2.24, 2.45) is 5.92 Å². The molecule has 1 fully saturated rings. The van der Waals surface area contributed by atoms with E-state index < -0.39 is 0 Å². The lowest BCUT2D eigenvalue weighted by Gasteiger charge is -2.30. The minimum absolute atomic E-state index is 0.220. The third-order valence-corrected chi connectivity index (χ3v) is 4.57. The van der Waals surface area contributed by atoms with Crippen LogP contribution in [-0.2, 0) is 6.54 Å². The van der Waals surface area contributed by atoms with Gasteiger partial charge < -0.3 is 10.1 Å². The topological polar surface area (TPSA) is 54.5 Å². The van der Waals surface area contributed by atoms with Crippen molar-refractivity contribution < 1.29 is 9.53 Å². The number of piperidine rings is 1. The number of anilines is 1. The Morgan fingerprint density at radius 2 is 2.12 bits per heavy atom. The van der Waals surface area contributed by atoms with Crippen molar-refractivity contribution in [1.82, 2.24) is 9.88 Å². The van der Waals surface area contributed by atoms with Crippen molar-refractivity contribution in [2.45, 2.75) is 26.3 Å². The van der Waals surface area contributed by atoms with Gasteiger partial charge in [-0.25, -0.2) is 4.98 Å². The van der Waals surface area contributed by atoms with E-state index in [1.54, 1.807) is 18.3 Å². The molecule has 2 heterocycles. The van der Waals surface area contributed by atoms with Crippen LogP contribution in [-0.4, -0.2) is 36.0 Å². The second-order valence-corrected chi connectivity index (χ2v) is 6.69. The summed E-state index contributed by atoms with van der Waals surface area (Å²) in [6, 6.07) is 11.5. The number of nitrogens with zero attached hydrogens (tertiary/aromatic N) is 2. The number of benzene rings is 1. The van der Waals surface area contributed by atoms with Crippen LogP contribution in [0.25, 0.3) is 0 Å². The summed E-state index contributed by atoms with van der Waals surface area (Å²) in [4.78, 5) is 19.0. The maximum absolute atomic E-state index is 12.4. The van der Waals surface area contributed by atoms with E-state index in [4.69, 9.17) is 4.74 Å². The second kappa shape index (κ2) is 8.12. The van der Waals surface area contributed by atoms with E-state index in [1.807, 2.05) is 12.1 Å². The van der Waals surface area contributed by atoms with Crippen LogP contribution in [0.4, 0.5) is 5.69 Å². The Bertz CT molecular complexity index is 715. The van der Waals surface area contributed by atoms with Gasteiger partial charge in [0.15, 0.2) is 0 Å². The molecule has 0 spiro atoms. The predicted octanol–water partition coefficient (Wildman–Crippen LogP) is 3.57. The van der Waals surface area contributed by atoms with Gasteiger partial charge in [0.05, 0.1) is 7.11 Å². The highest BCUT2D eigenvalue weighted by molar-refractivity contribution is 6.05. The van der Waals surface area contributed by atoms with E-state index >= 15 is 0 Å². The van der Waals surface area contributed by atoms with Gasteiger partial charge in [-0.05, 0) is 55.1 Å². The Hall–Kier alpha value is -2.40. The van der Waals surface area contributed by atoms with Gasteiger partial charge >= 0.3 is 0 Å². The number of hydrogen-bond acceptors (Lipinski definition) is 4. The van der Waals surface area contributed by atoms with E-state index in [-0.39, 0.29) is 5.91 Å². The molecule has 5 nitrogen and oxygen atoms in total. The van der Waals surface area contributed by atoms with Crippen LogP contribution < -0.4 is 10.1 Å². The highest BCUT2D eigenvalue weighted by Crippen LogP contribution is 2.20. The number of nitrogens with one attached hydrogen (secondary N) is 1. The third kappa shape index (κ3) is 4.57. The van der Waals surface area contributed by atoms with Gasteiger partial charge in [0.2, 0.25) is 5.88 Å². The molecule has 1 unspecified atom stereocenters. The molecule has 1 saturated heterocycles. The first-order valence-electron chi connectivity index (χ1n) is 8.77. The molecule has 132 valence electrons. The molecule has 25 heavy (non-hydrogen) atoms. The van der Waals surface area contributed by atoms with Crippen LogP contribution in [0.1, 0.15) is 35.7 Å². The summed E-state index contributed by atoms with van der Waals surface area (Å²) in [7, 11) is 1.51. The SMILES string of the molecule is COc1ncccc1C(=O)Nc1ccc(CN2CCCC(C)C2)cc1. The lowest BCUT2D eigenvalue weighted by molar-refractivity contribution is 0.102. The van der Waals surface area contributed by atoms with E-state index in [0.717, 1.165) is 18.2 Å². The molecular formula is C20H25N3O2. The number of carbonyl (C=O) groups excluding carboxylic acids is 1. The fourth-order valence-electron chi connectivity index (χ4n) is 3.31. The zero-order valence-electron chi connectivity index (χ0n) is 14.9. The zero-order valence-corrected chi connectivity index (χ0v) is 14.9. The maximum Gasteiger partial charge on any atom is 0.261 e. The molecule has 0 bridgehead atoms. The summed E-state index contributed by atoms with van der Waals surface area (Å²) in [5.41, 5.74) is 2.47. The predicted molar refractivity (Wildman–Crippen MR) is 98.9 cm³/mol. The minimum Gasteiger partial charge on any atom is -0.480 e. The molecule has 1 aliphatic rings. The molecule has 0 aliphatic carbocycles. The molecule has 1 N–H and O–H groups in total. The van der Waals surface area contributed by atoms with E-state index in [0.29, 0.717) is 11.4 Å². The van der Waals surface area contributed by atoms with Crippen molar-refractivity contribution >= 4 is 11.6 Å². The van der Waals surface area contributed by atoms with E-state index in [2.05, 4.69) is 34.3 Å². The van der Waals surface area contributed by atoms with Crippen molar-refractivity contribution in [1.29, 1.82) is 0 Å². The summed E-state index contributed by atoms with van der Waals surface area (Å²) < 4.78 is 5.14. The van der Waals surface area contributed by atoms with Crippen molar-refractivity contribution in [3.63, 3.8) is 0 Å². The van der Waals surface area contributed by atoms with Crippen molar-refractivity contribution in [2.75, 3.05) is 25.5 Å². The molecule has 1 atom stereocenters. The smallest absolute Gasteiger partial charge is 0.261 e. The first kappa shape index (κ1) is 17.4. The molecule has 1 aromatic carbocycles. The lowest BCUT2D eigenvalue weighted by atomic mass is 10.00. The maximum atomic E-state index is 12.4. The summed E-state index contributed by atoms with van der Waals surface area (Å²) in [6.07, 6.45) is 4.22. The zero-order chi connectivity index (χ0) is 17.6. The largest absolute Gasteiger partial charge is 0.480 e. The lowest BCUT2D eigenvalue weighted by Crippen LogP contribution is -2.33. The van der Waals surface area contributed by atoms with Crippen LogP contribution in [0.2, 0.25) is 0 Å². The van der Waals surface area contributed by atoms with Gasteiger partial charge in [0, 0.05) is 25.0 Å². The Kier molecular flexibility index (Phi) is 5.66. The summed E-state index contributed by atoms with van der Waals surface area (Å²) >= 11 is 0. The molecular weight excluding hydrogens is 314 g/mol. The van der Waals surface area contributed by atoms with Gasteiger partial charge in [-0.2, -0.15) is 0 Å². The molecule has 2 aromatic rings. The molecule has 3 rings (SSSR count). The second-order valence-electron chi connectivity index (χ2n) is 6.69. The Balaban J connectivity index is 1.61. The Morgan fingerprint density at radius 3 is 2.84 bits per heavy atom. The average Bonchev–Trinajstić information content (AvgIpc) is 2.63. The number of carbonyl (C=O) groups is 1. The third-order valence-electron chi connectivity index (χ3n) is 4.57. The standard InChI is InChI=1S/C20H25N3O2/c1-15-5-4-12-23(13-15)14-16-7-9-17(10-8-16)22-19(24)18-6-3-11-21-20(18)25-2/h3,6-11,15H,4-5,12-14H2,1-2H3,(H,22,24). The van der Waals surface area contributed by atoms with Crippen LogP contribution in [0.3, 0.4) is 0 Å². The highest BCUT2D eigenvalue weighted by Gasteiger charge is 2.16. The molecule has 1 amide bonds. The number of likely N-dealkylation sites (tertiary alicyclic amines) is 1. The first-order chi connectivity index (χ1) is 12.2. The van der Waals surface area contributed by atoms with Crippen LogP contribution in [0.5, 0.6) is 5.88 Å².